The van der Waals surface area contributed by atoms with Crippen molar-refractivity contribution in [3.63, 3.8) is 0 Å². The van der Waals surface area contributed by atoms with Crippen molar-refractivity contribution in [3.05, 3.63) is 53.6 Å². The molecule has 2 aromatic carbocycles. The van der Waals surface area contributed by atoms with Crippen molar-refractivity contribution < 1.29 is 0 Å². The fraction of sp³-hybridized carbons (Fsp3) is 0.333. The maximum absolute atomic E-state index is 3.50. The van der Waals surface area contributed by atoms with E-state index in [1.54, 1.807) is 0 Å². The van der Waals surface area contributed by atoms with Crippen LogP contribution in [0.2, 0.25) is 0 Å². The van der Waals surface area contributed by atoms with Gasteiger partial charge in [0.2, 0.25) is 0 Å². The van der Waals surface area contributed by atoms with E-state index in [2.05, 4.69) is 61.6 Å². The number of fused-ring (bicyclic) bond motifs is 1. The molecule has 19 heavy (non-hydrogen) atoms. The van der Waals surface area contributed by atoms with Crippen molar-refractivity contribution in [3.8, 4) is 11.1 Å². The molecule has 0 spiro atoms. The molecule has 0 radical (unpaired) electrons. The van der Waals surface area contributed by atoms with Crippen molar-refractivity contribution in [1.82, 2.24) is 0 Å². The molecule has 3 rings (SSSR count). The summed E-state index contributed by atoms with van der Waals surface area (Å²) < 4.78 is 0. The molecule has 0 saturated heterocycles. The van der Waals surface area contributed by atoms with Gasteiger partial charge < -0.3 is 5.32 Å². The van der Waals surface area contributed by atoms with Crippen LogP contribution in [0.5, 0.6) is 0 Å². The molecule has 1 aliphatic rings. The highest BCUT2D eigenvalue weighted by atomic mass is 14.9. The van der Waals surface area contributed by atoms with Crippen LogP contribution in [0.15, 0.2) is 42.5 Å². The molecule has 0 saturated carbocycles. The van der Waals surface area contributed by atoms with Crippen LogP contribution in [0.4, 0.5) is 5.69 Å². The number of aryl methyl sites for hydroxylation is 1. The van der Waals surface area contributed by atoms with Crippen LogP contribution in [0.25, 0.3) is 11.1 Å². The van der Waals surface area contributed by atoms with Crippen LogP contribution >= 0.6 is 0 Å². The lowest BCUT2D eigenvalue weighted by Gasteiger charge is -2.19. The predicted octanol–water partition coefficient (Wildman–Crippen LogP) is 4.84. The first-order valence-corrected chi connectivity index (χ1v) is 7.21. The van der Waals surface area contributed by atoms with E-state index in [4.69, 9.17) is 0 Å². The third kappa shape index (κ3) is 2.51. The minimum absolute atomic E-state index is 0.597. The van der Waals surface area contributed by atoms with Gasteiger partial charge in [0.25, 0.3) is 0 Å². The van der Waals surface area contributed by atoms with Crippen molar-refractivity contribution in [2.75, 3.05) is 11.9 Å². The molecule has 1 nitrogen and oxygen atoms in total. The number of rotatable bonds is 2. The number of nitrogens with one attached hydrogen (secondary N) is 1. The molecule has 2 aromatic rings. The number of benzene rings is 2. The Balaban J connectivity index is 1.93. The average molecular weight is 251 g/mol. The van der Waals surface area contributed by atoms with E-state index in [0.29, 0.717) is 5.92 Å². The Labute approximate surface area is 115 Å². The maximum Gasteiger partial charge on any atom is 0.0378 e. The van der Waals surface area contributed by atoms with E-state index < -0.39 is 0 Å². The second-order valence-corrected chi connectivity index (χ2v) is 5.68. The molecule has 0 atom stereocenters. The Hall–Kier alpha value is -1.76. The second kappa shape index (κ2) is 5.08. The molecule has 0 fully saturated rings. The van der Waals surface area contributed by atoms with E-state index in [9.17, 15) is 0 Å². The predicted molar refractivity (Wildman–Crippen MR) is 82.8 cm³/mol. The molecule has 98 valence electrons. The lowest BCUT2D eigenvalue weighted by Crippen LogP contribution is -2.11. The SMILES string of the molecule is CC(C)c1ccc(-c2ccc3c(c2)NCCC3)cc1. The molecule has 0 aromatic heterocycles. The molecule has 1 heteroatoms. The largest absolute Gasteiger partial charge is 0.385 e. The first-order valence-electron chi connectivity index (χ1n) is 7.21. The van der Waals surface area contributed by atoms with Crippen molar-refractivity contribution in [1.29, 1.82) is 0 Å². The molecule has 1 aliphatic heterocycles. The summed E-state index contributed by atoms with van der Waals surface area (Å²) in [6.45, 7) is 5.57. The van der Waals surface area contributed by atoms with Crippen LogP contribution in [0.1, 0.15) is 37.3 Å². The fourth-order valence-corrected chi connectivity index (χ4v) is 2.70. The molecule has 0 amide bonds. The normalized spacial score (nSPS) is 14.1. The van der Waals surface area contributed by atoms with Gasteiger partial charge in [0.15, 0.2) is 0 Å². The smallest absolute Gasteiger partial charge is 0.0378 e. The van der Waals surface area contributed by atoms with Crippen LogP contribution in [-0.2, 0) is 6.42 Å². The van der Waals surface area contributed by atoms with E-state index >= 15 is 0 Å². The van der Waals surface area contributed by atoms with Crippen LogP contribution in [-0.4, -0.2) is 6.54 Å². The zero-order valence-corrected chi connectivity index (χ0v) is 11.7. The topological polar surface area (TPSA) is 12.0 Å². The Morgan fingerprint density at radius 3 is 2.42 bits per heavy atom. The minimum Gasteiger partial charge on any atom is -0.385 e. The molecule has 1 N–H and O–H groups in total. The van der Waals surface area contributed by atoms with Gasteiger partial charge in [-0.15, -0.1) is 0 Å². The van der Waals surface area contributed by atoms with Gasteiger partial charge in [0.05, 0.1) is 0 Å². The van der Waals surface area contributed by atoms with E-state index in [1.807, 2.05) is 0 Å². The Morgan fingerprint density at radius 1 is 0.947 bits per heavy atom. The summed E-state index contributed by atoms with van der Waals surface area (Å²) in [7, 11) is 0. The highest BCUT2D eigenvalue weighted by Crippen LogP contribution is 2.29. The van der Waals surface area contributed by atoms with Gasteiger partial charge in [0.1, 0.15) is 0 Å². The lowest BCUT2D eigenvalue weighted by atomic mass is 9.96. The monoisotopic (exact) mass is 251 g/mol. The molecular formula is C18H21N. The fourth-order valence-electron chi connectivity index (χ4n) is 2.70. The third-order valence-electron chi connectivity index (χ3n) is 3.96. The Kier molecular flexibility index (Phi) is 3.29. The van der Waals surface area contributed by atoms with Crippen LogP contribution < -0.4 is 5.32 Å². The van der Waals surface area contributed by atoms with E-state index in [1.165, 1.54) is 40.8 Å². The van der Waals surface area contributed by atoms with Gasteiger partial charge in [-0.25, -0.2) is 0 Å². The Bertz CT molecular complexity index is 567. The molecule has 1 heterocycles. The minimum atomic E-state index is 0.597. The molecule has 0 unspecified atom stereocenters. The summed E-state index contributed by atoms with van der Waals surface area (Å²) in [4.78, 5) is 0. The van der Waals surface area contributed by atoms with Gasteiger partial charge in [-0.1, -0.05) is 50.2 Å². The highest BCUT2D eigenvalue weighted by Gasteiger charge is 2.09. The van der Waals surface area contributed by atoms with E-state index in [0.717, 1.165) is 6.54 Å². The first kappa shape index (κ1) is 12.3. The van der Waals surface area contributed by atoms with E-state index in [-0.39, 0.29) is 0 Å². The summed E-state index contributed by atoms with van der Waals surface area (Å²) in [5, 5.41) is 3.50. The zero-order valence-electron chi connectivity index (χ0n) is 11.7. The number of hydrogen-bond donors (Lipinski definition) is 1. The zero-order chi connectivity index (χ0) is 13.2. The third-order valence-corrected chi connectivity index (χ3v) is 3.96. The number of hydrogen-bond acceptors (Lipinski definition) is 1. The summed E-state index contributed by atoms with van der Waals surface area (Å²) in [6.07, 6.45) is 2.45. The van der Waals surface area contributed by atoms with Gasteiger partial charge >= 0.3 is 0 Å². The summed E-state index contributed by atoms with van der Waals surface area (Å²) in [5.74, 6) is 0.597. The number of anilines is 1. The van der Waals surface area contributed by atoms with Gasteiger partial charge in [-0.2, -0.15) is 0 Å². The average Bonchev–Trinajstić information content (AvgIpc) is 2.47. The first-order chi connectivity index (χ1) is 9.24. The Morgan fingerprint density at radius 2 is 1.68 bits per heavy atom. The summed E-state index contributed by atoms with van der Waals surface area (Å²) in [6, 6.07) is 15.8. The lowest BCUT2D eigenvalue weighted by molar-refractivity contribution is 0.830. The quantitative estimate of drug-likeness (QED) is 0.805. The molecule has 0 bridgehead atoms. The van der Waals surface area contributed by atoms with Gasteiger partial charge in [0, 0.05) is 12.2 Å². The van der Waals surface area contributed by atoms with Crippen molar-refractivity contribution in [2.45, 2.75) is 32.6 Å². The van der Waals surface area contributed by atoms with Crippen LogP contribution in [0, 0.1) is 0 Å². The highest BCUT2D eigenvalue weighted by molar-refractivity contribution is 5.70. The summed E-state index contributed by atoms with van der Waals surface area (Å²) >= 11 is 0. The van der Waals surface area contributed by atoms with Crippen LogP contribution in [0.3, 0.4) is 0 Å². The summed E-state index contributed by atoms with van der Waals surface area (Å²) in [5.41, 5.74) is 6.79. The van der Waals surface area contributed by atoms with Gasteiger partial charge in [-0.05, 0) is 47.1 Å². The van der Waals surface area contributed by atoms with Crippen molar-refractivity contribution in [2.24, 2.45) is 0 Å². The molecular weight excluding hydrogens is 230 g/mol. The second-order valence-electron chi connectivity index (χ2n) is 5.68. The van der Waals surface area contributed by atoms with Gasteiger partial charge in [-0.3, -0.25) is 0 Å². The van der Waals surface area contributed by atoms with Crippen molar-refractivity contribution >= 4 is 5.69 Å². The molecule has 0 aliphatic carbocycles. The maximum atomic E-state index is 3.50. The standard InChI is InChI=1S/C18H21N/c1-13(2)14-5-7-15(8-6-14)17-10-9-16-4-3-11-19-18(16)12-17/h5-10,12-13,19H,3-4,11H2,1-2H3.